The van der Waals surface area contributed by atoms with E-state index in [9.17, 15) is 9.59 Å². The normalized spacial score (nSPS) is 14.6. The highest BCUT2D eigenvalue weighted by Crippen LogP contribution is 2.22. The predicted octanol–water partition coefficient (Wildman–Crippen LogP) is 3.06. The van der Waals surface area contributed by atoms with E-state index in [-0.39, 0.29) is 11.5 Å². The number of aryl methyl sites for hydroxylation is 2. The molecule has 1 saturated heterocycles. The topological polar surface area (TPSA) is 75.7 Å². The lowest BCUT2D eigenvalue weighted by atomic mass is 10.2. The summed E-state index contributed by atoms with van der Waals surface area (Å²) in [6, 6.07) is 9.72. The average molecular weight is 471 g/mol. The van der Waals surface area contributed by atoms with Crippen LogP contribution in [0.4, 0.5) is 5.69 Å². The summed E-state index contributed by atoms with van der Waals surface area (Å²) in [6.45, 7) is 5.39. The molecule has 8 nitrogen and oxygen atoms in total. The predicted molar refractivity (Wildman–Crippen MR) is 127 cm³/mol. The van der Waals surface area contributed by atoms with E-state index in [4.69, 9.17) is 11.6 Å². The Morgan fingerprint density at radius 1 is 1.09 bits per heavy atom. The highest BCUT2D eigenvalue weighted by atomic mass is 35.5. The molecule has 1 amide bonds. The zero-order chi connectivity index (χ0) is 22.2. The summed E-state index contributed by atoms with van der Waals surface area (Å²) in [5.74, 6) is 1.35. The van der Waals surface area contributed by atoms with Gasteiger partial charge >= 0.3 is 0 Å². The maximum atomic E-state index is 12.9. The molecule has 166 valence electrons. The number of rotatable bonds is 5. The van der Waals surface area contributed by atoms with E-state index < -0.39 is 0 Å². The van der Waals surface area contributed by atoms with Crippen LogP contribution in [0.3, 0.4) is 0 Å². The Balaban J connectivity index is 1.28. The molecule has 1 fully saturated rings. The van der Waals surface area contributed by atoms with Crippen LogP contribution in [0.1, 0.15) is 19.2 Å². The van der Waals surface area contributed by atoms with Gasteiger partial charge in [-0.1, -0.05) is 11.6 Å². The molecule has 5 rings (SSSR count). The number of hydrogen-bond donors (Lipinski definition) is 0. The van der Waals surface area contributed by atoms with Crippen LogP contribution in [0.25, 0.3) is 16.0 Å². The summed E-state index contributed by atoms with van der Waals surface area (Å²) in [5.41, 5.74) is 1.89. The van der Waals surface area contributed by atoms with Gasteiger partial charge in [0.2, 0.25) is 11.7 Å². The average Bonchev–Trinajstić information content (AvgIpc) is 3.46. The molecule has 0 aliphatic carbocycles. The largest absolute Gasteiger partial charge is 0.368 e. The molecule has 0 unspecified atom stereocenters. The van der Waals surface area contributed by atoms with Gasteiger partial charge in [0.25, 0.3) is 5.56 Å². The van der Waals surface area contributed by atoms with E-state index in [1.165, 1.54) is 11.3 Å². The van der Waals surface area contributed by atoms with Crippen molar-refractivity contribution in [1.29, 1.82) is 0 Å². The number of hydrogen-bond acceptors (Lipinski definition) is 6. The van der Waals surface area contributed by atoms with Gasteiger partial charge in [0.15, 0.2) is 0 Å². The van der Waals surface area contributed by atoms with Crippen LogP contribution in [-0.2, 0) is 17.8 Å². The lowest BCUT2D eigenvalue weighted by molar-refractivity contribution is -0.131. The number of thiophene rings is 1. The quantitative estimate of drug-likeness (QED) is 0.448. The maximum absolute atomic E-state index is 12.9. The van der Waals surface area contributed by atoms with Crippen molar-refractivity contribution in [2.75, 3.05) is 31.1 Å². The molecule has 0 N–H and O–H groups in total. The van der Waals surface area contributed by atoms with E-state index in [1.54, 1.807) is 4.57 Å². The van der Waals surface area contributed by atoms with Gasteiger partial charge in [0.05, 0.1) is 5.52 Å². The van der Waals surface area contributed by atoms with Gasteiger partial charge in [-0.15, -0.1) is 21.5 Å². The summed E-state index contributed by atoms with van der Waals surface area (Å²) in [5, 5.41) is 11.2. The standard InChI is InChI=1S/C22H23ClN6O2S/c1-2-28-21(31)20-17(9-14-32-20)29-18(24-25-22(28)29)7-8-19(30)27-12-10-26(11-13-27)16-5-3-15(23)4-6-16/h3-6,9,14H,2,7-8,10-13H2,1H3. The van der Waals surface area contributed by atoms with Crippen LogP contribution in [0, 0.1) is 0 Å². The maximum Gasteiger partial charge on any atom is 0.272 e. The molecule has 1 aromatic carbocycles. The molecule has 3 aromatic heterocycles. The molecular weight excluding hydrogens is 448 g/mol. The molecule has 0 bridgehead atoms. The Morgan fingerprint density at radius 3 is 2.56 bits per heavy atom. The van der Waals surface area contributed by atoms with Gasteiger partial charge in [-0.3, -0.25) is 18.6 Å². The first-order valence-electron chi connectivity index (χ1n) is 10.7. The van der Waals surface area contributed by atoms with Crippen LogP contribution in [-0.4, -0.2) is 56.2 Å². The van der Waals surface area contributed by atoms with Crippen LogP contribution in [0.15, 0.2) is 40.5 Å². The van der Waals surface area contributed by atoms with Crippen molar-refractivity contribution < 1.29 is 4.79 Å². The molecule has 4 heterocycles. The third kappa shape index (κ3) is 3.65. The van der Waals surface area contributed by atoms with E-state index in [0.29, 0.717) is 48.8 Å². The van der Waals surface area contributed by atoms with Gasteiger partial charge in [0, 0.05) is 56.3 Å². The van der Waals surface area contributed by atoms with E-state index in [1.807, 2.05) is 51.9 Å². The molecule has 0 saturated carbocycles. The molecular formula is C22H23ClN6O2S. The Labute approximate surface area is 193 Å². The number of benzene rings is 1. The molecule has 4 aromatic rings. The molecule has 0 radical (unpaired) electrons. The van der Waals surface area contributed by atoms with Crippen molar-refractivity contribution >= 4 is 50.5 Å². The van der Waals surface area contributed by atoms with Gasteiger partial charge in [-0.25, -0.2) is 0 Å². The summed E-state index contributed by atoms with van der Waals surface area (Å²) < 4.78 is 4.24. The molecule has 32 heavy (non-hydrogen) atoms. The van der Waals surface area contributed by atoms with Gasteiger partial charge in [0.1, 0.15) is 10.5 Å². The van der Waals surface area contributed by atoms with Crippen LogP contribution >= 0.6 is 22.9 Å². The monoisotopic (exact) mass is 470 g/mol. The number of amides is 1. The zero-order valence-corrected chi connectivity index (χ0v) is 19.3. The van der Waals surface area contributed by atoms with Crippen molar-refractivity contribution in [2.45, 2.75) is 26.3 Å². The first kappa shape index (κ1) is 21.0. The summed E-state index contributed by atoms with van der Waals surface area (Å²) in [4.78, 5) is 29.8. The highest BCUT2D eigenvalue weighted by Gasteiger charge is 2.23. The lowest BCUT2D eigenvalue weighted by Gasteiger charge is -2.36. The van der Waals surface area contributed by atoms with Crippen LogP contribution in [0.5, 0.6) is 0 Å². The minimum absolute atomic E-state index is 0.0430. The SMILES string of the molecule is CCn1c(=O)c2sccc2n2c(CCC(=O)N3CCN(c4ccc(Cl)cc4)CC3)nnc12. The van der Waals surface area contributed by atoms with E-state index >= 15 is 0 Å². The number of fused-ring (bicyclic) bond motifs is 3. The molecule has 0 atom stereocenters. The minimum Gasteiger partial charge on any atom is -0.368 e. The van der Waals surface area contributed by atoms with Gasteiger partial charge in [-0.05, 0) is 42.6 Å². The summed E-state index contributed by atoms with van der Waals surface area (Å²) >= 11 is 7.40. The molecule has 1 aliphatic heterocycles. The number of carbonyl (C=O) groups is 1. The molecule has 10 heteroatoms. The molecule has 1 aliphatic rings. The number of anilines is 1. The number of nitrogens with zero attached hydrogens (tertiary/aromatic N) is 6. The summed E-state index contributed by atoms with van der Waals surface area (Å²) in [7, 11) is 0. The van der Waals surface area contributed by atoms with Crippen molar-refractivity contribution in [3.63, 3.8) is 0 Å². The highest BCUT2D eigenvalue weighted by molar-refractivity contribution is 7.17. The number of carbonyl (C=O) groups excluding carboxylic acids is 1. The first-order chi connectivity index (χ1) is 15.6. The molecule has 0 spiro atoms. The van der Waals surface area contributed by atoms with Crippen molar-refractivity contribution in [1.82, 2.24) is 24.1 Å². The third-order valence-corrected chi connectivity index (χ3v) is 7.13. The van der Waals surface area contributed by atoms with Crippen molar-refractivity contribution in [3.8, 4) is 0 Å². The van der Waals surface area contributed by atoms with Crippen molar-refractivity contribution in [2.24, 2.45) is 0 Å². The fourth-order valence-electron chi connectivity index (χ4n) is 4.27. The van der Waals surface area contributed by atoms with Gasteiger partial charge < -0.3 is 9.80 Å². The van der Waals surface area contributed by atoms with Crippen molar-refractivity contribution in [3.05, 3.63) is 56.9 Å². The fourth-order valence-corrected chi connectivity index (χ4v) is 5.22. The smallest absolute Gasteiger partial charge is 0.272 e. The fraction of sp³-hybridized carbons (Fsp3) is 0.364. The third-order valence-electron chi connectivity index (χ3n) is 5.98. The second kappa shape index (κ2) is 8.55. The minimum atomic E-state index is -0.0430. The number of piperazine rings is 1. The lowest BCUT2D eigenvalue weighted by Crippen LogP contribution is -2.48. The second-order valence-corrected chi connectivity index (χ2v) is 9.13. The van der Waals surface area contributed by atoms with Crippen LogP contribution in [0.2, 0.25) is 5.02 Å². The van der Waals surface area contributed by atoms with E-state index in [0.717, 1.165) is 29.3 Å². The Morgan fingerprint density at radius 2 is 1.84 bits per heavy atom. The van der Waals surface area contributed by atoms with Crippen LogP contribution < -0.4 is 10.5 Å². The zero-order valence-electron chi connectivity index (χ0n) is 17.7. The second-order valence-electron chi connectivity index (χ2n) is 7.78. The van der Waals surface area contributed by atoms with Gasteiger partial charge in [-0.2, -0.15) is 0 Å². The first-order valence-corrected chi connectivity index (χ1v) is 11.9. The summed E-state index contributed by atoms with van der Waals surface area (Å²) in [6.07, 6.45) is 0.836. The Kier molecular flexibility index (Phi) is 5.60. The van der Waals surface area contributed by atoms with E-state index in [2.05, 4.69) is 15.1 Å². The Bertz CT molecular complexity index is 1330. The number of aromatic nitrogens is 4. The Hall–Kier alpha value is -2.91. The number of halogens is 1.